The van der Waals surface area contributed by atoms with Crippen LogP contribution in [0.5, 0.6) is 0 Å². The first-order valence-electron chi connectivity index (χ1n) is 6.86. The number of benzene rings is 2. The van der Waals surface area contributed by atoms with Gasteiger partial charge in [-0.15, -0.1) is 0 Å². The van der Waals surface area contributed by atoms with E-state index in [-0.39, 0.29) is 5.91 Å². The van der Waals surface area contributed by atoms with E-state index >= 15 is 0 Å². The third-order valence-corrected chi connectivity index (χ3v) is 3.52. The minimum atomic E-state index is -0.138. The number of nitrogens with zero attached hydrogens (tertiary/aromatic N) is 2. The highest BCUT2D eigenvalue weighted by Gasteiger charge is 2.12. The van der Waals surface area contributed by atoms with Gasteiger partial charge in [0.15, 0.2) is 0 Å². The first kappa shape index (κ1) is 14.4. The van der Waals surface area contributed by atoms with Crippen LogP contribution in [0.1, 0.15) is 15.9 Å². The maximum atomic E-state index is 12.4. The summed E-state index contributed by atoms with van der Waals surface area (Å²) in [5.74, 6) is -0.138. The van der Waals surface area contributed by atoms with Crippen LogP contribution in [0, 0.1) is 0 Å². The number of rotatable bonds is 4. The second kappa shape index (κ2) is 6.45. The van der Waals surface area contributed by atoms with Crippen molar-refractivity contribution in [3.05, 3.63) is 83.1 Å². The Kier molecular flexibility index (Phi) is 4.21. The number of halogens is 1. The summed E-state index contributed by atoms with van der Waals surface area (Å²) < 4.78 is 1.68. The average Bonchev–Trinajstić information content (AvgIpc) is 3.08. The highest BCUT2D eigenvalue weighted by atomic mass is 35.5. The molecular weight excluding hydrogens is 298 g/mol. The number of carbonyl (C=O) groups excluding carboxylic acids is 1. The lowest BCUT2D eigenvalue weighted by Gasteiger charge is -2.10. The molecule has 0 spiro atoms. The van der Waals surface area contributed by atoms with E-state index < -0.39 is 0 Å². The molecule has 4 nitrogen and oxygen atoms in total. The number of para-hydroxylation sites is 1. The molecule has 0 fully saturated rings. The van der Waals surface area contributed by atoms with Crippen molar-refractivity contribution in [2.45, 2.75) is 6.54 Å². The molecule has 5 heteroatoms. The molecule has 1 aromatic heterocycles. The SMILES string of the molecule is O=C(NCc1ccc(Cl)cc1)c1ccccc1-n1cccn1. The van der Waals surface area contributed by atoms with Gasteiger partial charge in [0.2, 0.25) is 0 Å². The van der Waals surface area contributed by atoms with Gasteiger partial charge in [-0.1, -0.05) is 35.9 Å². The molecule has 3 rings (SSSR count). The van der Waals surface area contributed by atoms with Crippen molar-refractivity contribution in [3.8, 4) is 5.69 Å². The minimum Gasteiger partial charge on any atom is -0.348 e. The van der Waals surface area contributed by atoms with Crippen LogP contribution in [-0.4, -0.2) is 15.7 Å². The summed E-state index contributed by atoms with van der Waals surface area (Å²) in [4.78, 5) is 12.4. The molecule has 0 saturated heterocycles. The number of aromatic nitrogens is 2. The van der Waals surface area contributed by atoms with Gasteiger partial charge in [-0.3, -0.25) is 4.79 Å². The Morgan fingerprint density at radius 2 is 1.86 bits per heavy atom. The zero-order valence-electron chi connectivity index (χ0n) is 11.7. The molecule has 1 N–H and O–H groups in total. The summed E-state index contributed by atoms with van der Waals surface area (Å²) in [5.41, 5.74) is 2.33. The second-order valence-corrected chi connectivity index (χ2v) is 5.21. The standard InChI is InChI=1S/C17H14ClN3O/c18-14-8-6-13(7-9-14)12-19-17(22)15-4-1-2-5-16(15)21-11-3-10-20-21/h1-11H,12H2,(H,19,22). The van der Waals surface area contributed by atoms with Gasteiger partial charge in [-0.05, 0) is 35.9 Å². The predicted octanol–water partition coefficient (Wildman–Crippen LogP) is 3.46. The molecule has 0 atom stereocenters. The molecule has 0 aliphatic carbocycles. The van der Waals surface area contributed by atoms with Crippen LogP contribution in [0.2, 0.25) is 5.02 Å². The molecule has 0 aliphatic heterocycles. The third kappa shape index (κ3) is 3.18. The molecule has 0 radical (unpaired) electrons. The Balaban J connectivity index is 1.77. The molecule has 2 aromatic carbocycles. The summed E-state index contributed by atoms with van der Waals surface area (Å²) in [5, 5.41) is 7.77. The zero-order chi connectivity index (χ0) is 15.4. The van der Waals surface area contributed by atoms with E-state index in [2.05, 4.69) is 10.4 Å². The first-order valence-corrected chi connectivity index (χ1v) is 7.23. The molecule has 3 aromatic rings. The van der Waals surface area contributed by atoms with E-state index in [0.29, 0.717) is 17.1 Å². The monoisotopic (exact) mass is 311 g/mol. The van der Waals surface area contributed by atoms with Crippen LogP contribution in [-0.2, 0) is 6.54 Å². The lowest BCUT2D eigenvalue weighted by Crippen LogP contribution is -2.24. The zero-order valence-corrected chi connectivity index (χ0v) is 12.5. The molecule has 0 saturated carbocycles. The Morgan fingerprint density at radius 3 is 2.59 bits per heavy atom. The number of hydrogen-bond donors (Lipinski definition) is 1. The molecule has 1 heterocycles. The Hall–Kier alpha value is -2.59. The molecule has 0 bridgehead atoms. The Morgan fingerprint density at radius 1 is 1.09 bits per heavy atom. The van der Waals surface area contributed by atoms with Gasteiger partial charge in [0, 0.05) is 24.0 Å². The van der Waals surface area contributed by atoms with E-state index in [1.165, 1.54) is 0 Å². The highest BCUT2D eigenvalue weighted by Crippen LogP contribution is 2.14. The maximum absolute atomic E-state index is 12.4. The van der Waals surface area contributed by atoms with Gasteiger partial charge < -0.3 is 5.32 Å². The number of carbonyl (C=O) groups is 1. The van der Waals surface area contributed by atoms with Crippen molar-refractivity contribution in [2.75, 3.05) is 0 Å². The summed E-state index contributed by atoms with van der Waals surface area (Å²) in [6.07, 6.45) is 3.49. The lowest BCUT2D eigenvalue weighted by molar-refractivity contribution is 0.0951. The Labute approximate surface area is 133 Å². The first-order chi connectivity index (χ1) is 10.7. The van der Waals surface area contributed by atoms with Gasteiger partial charge >= 0.3 is 0 Å². The molecule has 22 heavy (non-hydrogen) atoms. The highest BCUT2D eigenvalue weighted by molar-refractivity contribution is 6.30. The Bertz CT molecular complexity index is 767. The molecule has 0 unspecified atom stereocenters. The molecular formula is C17H14ClN3O. The van der Waals surface area contributed by atoms with Crippen molar-refractivity contribution >= 4 is 17.5 Å². The van der Waals surface area contributed by atoms with Gasteiger partial charge in [0.1, 0.15) is 0 Å². The summed E-state index contributed by atoms with van der Waals surface area (Å²) in [6, 6.07) is 16.6. The van der Waals surface area contributed by atoms with Gasteiger partial charge in [-0.2, -0.15) is 5.10 Å². The summed E-state index contributed by atoms with van der Waals surface area (Å²) in [7, 11) is 0. The van der Waals surface area contributed by atoms with Crippen molar-refractivity contribution in [1.82, 2.24) is 15.1 Å². The lowest BCUT2D eigenvalue weighted by atomic mass is 10.1. The van der Waals surface area contributed by atoms with Crippen molar-refractivity contribution in [1.29, 1.82) is 0 Å². The van der Waals surface area contributed by atoms with Crippen LogP contribution in [0.25, 0.3) is 5.69 Å². The van der Waals surface area contributed by atoms with Crippen LogP contribution in [0.3, 0.4) is 0 Å². The summed E-state index contributed by atoms with van der Waals surface area (Å²) >= 11 is 5.85. The fourth-order valence-corrected chi connectivity index (χ4v) is 2.28. The van der Waals surface area contributed by atoms with Crippen molar-refractivity contribution in [2.24, 2.45) is 0 Å². The van der Waals surface area contributed by atoms with Crippen molar-refractivity contribution < 1.29 is 4.79 Å². The molecule has 1 amide bonds. The largest absolute Gasteiger partial charge is 0.348 e. The van der Waals surface area contributed by atoms with Gasteiger partial charge in [0.25, 0.3) is 5.91 Å². The third-order valence-electron chi connectivity index (χ3n) is 3.27. The van der Waals surface area contributed by atoms with E-state index in [9.17, 15) is 4.79 Å². The molecule has 0 aliphatic rings. The molecule has 110 valence electrons. The quantitative estimate of drug-likeness (QED) is 0.802. The fraction of sp³-hybridized carbons (Fsp3) is 0.0588. The topological polar surface area (TPSA) is 46.9 Å². The smallest absolute Gasteiger partial charge is 0.253 e. The average molecular weight is 312 g/mol. The second-order valence-electron chi connectivity index (χ2n) is 4.78. The number of amides is 1. The van der Waals surface area contributed by atoms with Crippen LogP contribution in [0.15, 0.2) is 67.0 Å². The number of hydrogen-bond acceptors (Lipinski definition) is 2. The van der Waals surface area contributed by atoms with Crippen LogP contribution in [0.4, 0.5) is 0 Å². The fourth-order valence-electron chi connectivity index (χ4n) is 2.16. The van der Waals surface area contributed by atoms with Crippen molar-refractivity contribution in [3.63, 3.8) is 0 Å². The van der Waals surface area contributed by atoms with E-state index in [1.54, 1.807) is 29.1 Å². The minimum absolute atomic E-state index is 0.138. The van der Waals surface area contributed by atoms with E-state index in [4.69, 9.17) is 11.6 Å². The van der Waals surface area contributed by atoms with E-state index in [1.807, 2.05) is 42.6 Å². The van der Waals surface area contributed by atoms with Crippen LogP contribution < -0.4 is 5.32 Å². The van der Waals surface area contributed by atoms with Gasteiger partial charge in [0.05, 0.1) is 11.3 Å². The van der Waals surface area contributed by atoms with Gasteiger partial charge in [-0.25, -0.2) is 4.68 Å². The summed E-state index contributed by atoms with van der Waals surface area (Å²) in [6.45, 7) is 0.448. The van der Waals surface area contributed by atoms with E-state index in [0.717, 1.165) is 11.3 Å². The van der Waals surface area contributed by atoms with Crippen LogP contribution >= 0.6 is 11.6 Å². The normalized spacial score (nSPS) is 10.4. The number of nitrogens with one attached hydrogen (secondary N) is 1. The maximum Gasteiger partial charge on any atom is 0.253 e. The predicted molar refractivity (Wildman–Crippen MR) is 86.2 cm³/mol.